The highest BCUT2D eigenvalue weighted by molar-refractivity contribution is 6.73. The second-order valence-corrected chi connectivity index (χ2v) is 14.0. The monoisotopic (exact) mass is 401 g/mol. The molecule has 27 heavy (non-hydrogen) atoms. The third kappa shape index (κ3) is 5.25. The van der Waals surface area contributed by atoms with Crippen molar-refractivity contribution in [1.29, 1.82) is 0 Å². The van der Waals surface area contributed by atoms with Gasteiger partial charge in [-0.05, 0) is 45.3 Å². The van der Waals surface area contributed by atoms with Crippen LogP contribution in [0.2, 0.25) is 18.1 Å². The van der Waals surface area contributed by atoms with Crippen molar-refractivity contribution in [3.63, 3.8) is 0 Å². The Labute approximate surface area is 165 Å². The Morgan fingerprint density at radius 3 is 2.26 bits per heavy atom. The van der Waals surface area contributed by atoms with Crippen LogP contribution in [-0.2, 0) is 13.9 Å². The van der Waals surface area contributed by atoms with E-state index in [1.54, 1.807) is 4.90 Å². The predicted molar refractivity (Wildman–Crippen MR) is 108 cm³/mol. The minimum atomic E-state index is -1.78. The van der Waals surface area contributed by atoms with Gasteiger partial charge >= 0.3 is 6.09 Å². The molecule has 7 heteroatoms. The van der Waals surface area contributed by atoms with Crippen molar-refractivity contribution in [2.45, 2.75) is 95.7 Å². The molecule has 0 unspecified atom stereocenters. The number of carbonyl (C=O) groups excluding carboxylic acids is 1. The summed E-state index contributed by atoms with van der Waals surface area (Å²) in [4.78, 5) is 14.2. The van der Waals surface area contributed by atoms with Crippen LogP contribution in [0.1, 0.15) is 60.8 Å². The Bertz CT molecular complexity index is 501. The highest BCUT2D eigenvalue weighted by Gasteiger charge is 2.60. The van der Waals surface area contributed by atoms with Crippen molar-refractivity contribution in [3.05, 3.63) is 0 Å². The smallest absolute Gasteiger partial charge is 0.410 e. The van der Waals surface area contributed by atoms with Gasteiger partial charge in [0.15, 0.2) is 8.32 Å². The van der Waals surface area contributed by atoms with Crippen molar-refractivity contribution in [2.75, 3.05) is 26.3 Å². The van der Waals surface area contributed by atoms with E-state index in [1.165, 1.54) is 0 Å². The molecular weight excluding hydrogens is 362 g/mol. The number of aliphatic hydroxyl groups excluding tert-OH is 1. The first-order valence-electron chi connectivity index (χ1n) is 10.5. The zero-order valence-electron chi connectivity index (χ0n) is 18.1. The lowest BCUT2D eigenvalue weighted by molar-refractivity contribution is -0.228. The Morgan fingerprint density at radius 1 is 1.19 bits per heavy atom. The molecule has 1 amide bonds. The Morgan fingerprint density at radius 2 is 1.78 bits per heavy atom. The van der Waals surface area contributed by atoms with Gasteiger partial charge < -0.3 is 23.9 Å². The largest absolute Gasteiger partial charge is 0.444 e. The van der Waals surface area contributed by atoms with E-state index in [0.717, 1.165) is 31.0 Å². The molecule has 0 aromatic carbocycles. The second kappa shape index (κ2) is 8.39. The van der Waals surface area contributed by atoms with Crippen LogP contribution >= 0.6 is 0 Å². The van der Waals surface area contributed by atoms with Gasteiger partial charge in [-0.2, -0.15) is 0 Å². The minimum absolute atomic E-state index is 0.119. The van der Waals surface area contributed by atoms with Gasteiger partial charge in [0.05, 0.1) is 24.4 Å². The first-order valence-corrected chi connectivity index (χ1v) is 13.0. The van der Waals surface area contributed by atoms with Gasteiger partial charge in [0.1, 0.15) is 5.60 Å². The highest BCUT2D eigenvalue weighted by Crippen LogP contribution is 2.52. The number of ether oxygens (including phenoxy) is 2. The Balaban J connectivity index is 2.07. The normalized spacial score (nSPS) is 28.9. The van der Waals surface area contributed by atoms with Gasteiger partial charge in [-0.15, -0.1) is 0 Å². The second-order valence-electron chi connectivity index (χ2n) is 9.29. The van der Waals surface area contributed by atoms with E-state index in [4.69, 9.17) is 13.9 Å². The zero-order chi connectivity index (χ0) is 20.3. The summed E-state index contributed by atoms with van der Waals surface area (Å²) in [5.41, 5.74) is -1.17. The first kappa shape index (κ1) is 22.7. The fraction of sp³-hybridized carbons (Fsp3) is 0.950. The van der Waals surface area contributed by atoms with Crippen LogP contribution in [0.4, 0.5) is 4.79 Å². The van der Waals surface area contributed by atoms with E-state index in [2.05, 4.69) is 20.8 Å². The summed E-state index contributed by atoms with van der Waals surface area (Å²) in [5.74, 6) is 0. The number of hydrogen-bond donors (Lipinski definition) is 1. The van der Waals surface area contributed by atoms with Crippen LogP contribution in [0.3, 0.4) is 0 Å². The van der Waals surface area contributed by atoms with Gasteiger partial charge in [0.2, 0.25) is 0 Å². The predicted octanol–water partition coefficient (Wildman–Crippen LogP) is 3.93. The van der Waals surface area contributed by atoms with Crippen LogP contribution < -0.4 is 0 Å². The summed E-state index contributed by atoms with van der Waals surface area (Å²) in [7, 11) is -1.78. The van der Waals surface area contributed by atoms with E-state index >= 15 is 0 Å². The molecule has 0 aromatic rings. The molecule has 1 heterocycles. The third-order valence-corrected chi connectivity index (χ3v) is 10.9. The van der Waals surface area contributed by atoms with E-state index in [0.29, 0.717) is 26.1 Å². The third-order valence-electron chi connectivity index (χ3n) is 6.12. The molecule has 1 aliphatic carbocycles. The molecule has 0 aromatic heterocycles. The van der Waals surface area contributed by atoms with Crippen LogP contribution in [0.25, 0.3) is 0 Å². The van der Waals surface area contributed by atoms with E-state index < -0.39 is 13.9 Å². The van der Waals surface area contributed by atoms with E-state index in [9.17, 15) is 9.90 Å². The quantitative estimate of drug-likeness (QED) is 0.655. The summed E-state index contributed by atoms with van der Waals surface area (Å²) in [6, 6.07) is 3.27. The molecule has 2 aliphatic rings. The van der Waals surface area contributed by atoms with Crippen molar-refractivity contribution >= 4 is 14.4 Å². The van der Waals surface area contributed by atoms with Crippen LogP contribution in [0, 0.1) is 0 Å². The SMILES string of the molecule is CC[Si](CC)(CC)OC1(CCO)CC2(CN(C(=O)OC(C)(C)C)CCO2)C1. The average Bonchev–Trinajstić information content (AvgIpc) is 2.57. The maximum atomic E-state index is 12.5. The Kier molecular flexibility index (Phi) is 7.04. The van der Waals surface area contributed by atoms with Gasteiger partial charge in [-0.3, -0.25) is 0 Å². The topological polar surface area (TPSA) is 68.2 Å². The van der Waals surface area contributed by atoms with Crippen molar-refractivity contribution < 1.29 is 23.8 Å². The summed E-state index contributed by atoms with van der Waals surface area (Å²) in [6.07, 6.45) is 1.85. The Hall–Kier alpha value is -0.633. The summed E-state index contributed by atoms with van der Waals surface area (Å²) < 4.78 is 18.5. The number of carbonyl (C=O) groups is 1. The fourth-order valence-corrected chi connectivity index (χ4v) is 7.69. The molecule has 1 spiro atoms. The summed E-state index contributed by atoms with van der Waals surface area (Å²) >= 11 is 0. The lowest BCUT2D eigenvalue weighted by atomic mass is 9.65. The molecule has 0 atom stereocenters. The van der Waals surface area contributed by atoms with Crippen molar-refractivity contribution in [3.8, 4) is 0 Å². The standard InChI is InChI=1S/C20H39NO5Si/c1-7-27(8-2,9-3)26-19(10-12-22)14-20(15-19)16-21(11-13-24-20)17(23)25-18(4,5)6/h22H,7-16H2,1-6H3. The molecule has 2 fully saturated rings. The molecule has 1 saturated carbocycles. The lowest BCUT2D eigenvalue weighted by Crippen LogP contribution is -2.69. The number of amides is 1. The lowest BCUT2D eigenvalue weighted by Gasteiger charge is -2.60. The first-order chi connectivity index (χ1) is 12.6. The molecule has 1 aliphatic heterocycles. The molecule has 0 bridgehead atoms. The number of rotatable bonds is 7. The molecule has 1 N–H and O–H groups in total. The molecule has 0 radical (unpaired) electrons. The molecular formula is C20H39NO5Si. The highest BCUT2D eigenvalue weighted by atomic mass is 28.4. The number of morpholine rings is 1. The molecule has 158 valence electrons. The maximum Gasteiger partial charge on any atom is 0.410 e. The minimum Gasteiger partial charge on any atom is -0.444 e. The van der Waals surface area contributed by atoms with Gasteiger partial charge in [-0.1, -0.05) is 20.8 Å². The van der Waals surface area contributed by atoms with Gasteiger partial charge in [-0.25, -0.2) is 4.79 Å². The average molecular weight is 402 g/mol. The zero-order valence-corrected chi connectivity index (χ0v) is 19.1. The molecule has 6 nitrogen and oxygen atoms in total. The number of aliphatic hydroxyl groups is 1. The number of nitrogens with zero attached hydrogens (tertiary/aromatic N) is 1. The van der Waals surface area contributed by atoms with E-state index in [-0.39, 0.29) is 23.9 Å². The molecule has 2 rings (SSSR count). The molecule has 1 saturated heterocycles. The van der Waals surface area contributed by atoms with Crippen LogP contribution in [-0.4, -0.2) is 67.5 Å². The van der Waals surface area contributed by atoms with E-state index in [1.807, 2.05) is 20.8 Å². The van der Waals surface area contributed by atoms with Gasteiger partial charge in [0, 0.05) is 26.0 Å². The van der Waals surface area contributed by atoms with Crippen LogP contribution in [0.5, 0.6) is 0 Å². The summed E-state index contributed by atoms with van der Waals surface area (Å²) in [5, 5.41) is 9.65. The van der Waals surface area contributed by atoms with Crippen molar-refractivity contribution in [1.82, 2.24) is 4.90 Å². The number of hydrogen-bond acceptors (Lipinski definition) is 5. The maximum absolute atomic E-state index is 12.5. The van der Waals surface area contributed by atoms with Crippen molar-refractivity contribution in [2.24, 2.45) is 0 Å². The summed E-state index contributed by atoms with van der Waals surface area (Å²) in [6.45, 7) is 14.1. The van der Waals surface area contributed by atoms with Crippen LogP contribution in [0.15, 0.2) is 0 Å². The fourth-order valence-electron chi connectivity index (χ4n) is 4.59. The van der Waals surface area contributed by atoms with Gasteiger partial charge in [0.25, 0.3) is 0 Å².